The summed E-state index contributed by atoms with van der Waals surface area (Å²) in [5, 5.41) is 20.1. The lowest BCUT2D eigenvalue weighted by atomic mass is 9.89. The topological polar surface area (TPSA) is 82.8 Å². The highest BCUT2D eigenvalue weighted by Crippen LogP contribution is 2.34. The molecule has 3 aromatic rings. The molecule has 1 aliphatic heterocycles. The van der Waals surface area contributed by atoms with Crippen molar-refractivity contribution >= 4 is 22.8 Å². The Hall–Kier alpha value is -3.12. The van der Waals surface area contributed by atoms with Crippen molar-refractivity contribution < 1.29 is 19.8 Å². The standard InChI is InChI=1S/C24H26N2O4/c1-25-15-20(19-14-18(23(27)28)7-8-21(19)25)22(24(29)30)26-11-9-17(10-12-26)13-16-5-3-2-4-6-16/h2-8,14-15,17,22H,9-13H2,1H3,(H,27,28)(H,29,30)/t22-/m1/s1. The molecule has 4 rings (SSSR count). The van der Waals surface area contributed by atoms with Crippen LogP contribution in [0.2, 0.25) is 0 Å². The second-order valence-electron chi connectivity index (χ2n) is 8.14. The van der Waals surface area contributed by atoms with Crippen LogP contribution >= 0.6 is 0 Å². The Morgan fingerprint density at radius 1 is 1.07 bits per heavy atom. The number of aliphatic carboxylic acids is 1. The number of aromatic carboxylic acids is 1. The van der Waals surface area contributed by atoms with Gasteiger partial charge >= 0.3 is 11.9 Å². The van der Waals surface area contributed by atoms with Gasteiger partial charge in [0, 0.05) is 29.7 Å². The van der Waals surface area contributed by atoms with Gasteiger partial charge in [-0.25, -0.2) is 4.79 Å². The number of likely N-dealkylation sites (tertiary alicyclic amines) is 1. The van der Waals surface area contributed by atoms with Crippen molar-refractivity contribution in [2.24, 2.45) is 13.0 Å². The molecule has 0 aliphatic carbocycles. The molecule has 2 aromatic carbocycles. The molecule has 156 valence electrons. The van der Waals surface area contributed by atoms with Gasteiger partial charge in [-0.1, -0.05) is 30.3 Å². The number of nitrogens with zero attached hydrogens (tertiary/aromatic N) is 2. The Kier molecular flexibility index (Phi) is 5.59. The monoisotopic (exact) mass is 406 g/mol. The number of carbonyl (C=O) groups is 2. The first kappa shape index (κ1) is 20.2. The normalized spacial score (nSPS) is 16.6. The van der Waals surface area contributed by atoms with Crippen LogP contribution < -0.4 is 0 Å². The summed E-state index contributed by atoms with van der Waals surface area (Å²) in [4.78, 5) is 25.7. The number of fused-ring (bicyclic) bond motifs is 1. The van der Waals surface area contributed by atoms with E-state index in [2.05, 4.69) is 24.3 Å². The van der Waals surface area contributed by atoms with Gasteiger partial charge < -0.3 is 14.8 Å². The van der Waals surface area contributed by atoms with E-state index in [1.807, 2.05) is 28.8 Å². The zero-order valence-electron chi connectivity index (χ0n) is 17.0. The van der Waals surface area contributed by atoms with Gasteiger partial charge in [0.15, 0.2) is 0 Å². The summed E-state index contributed by atoms with van der Waals surface area (Å²) >= 11 is 0. The third-order valence-corrected chi connectivity index (χ3v) is 6.18. The van der Waals surface area contributed by atoms with Crippen LogP contribution in [0.5, 0.6) is 0 Å². The van der Waals surface area contributed by atoms with Crippen LogP contribution in [0, 0.1) is 5.92 Å². The Labute approximate surface area is 175 Å². The highest BCUT2D eigenvalue weighted by Gasteiger charge is 2.33. The van der Waals surface area contributed by atoms with E-state index in [0.717, 1.165) is 24.8 Å². The molecule has 0 bridgehead atoms. The summed E-state index contributed by atoms with van der Waals surface area (Å²) in [5.74, 6) is -1.37. The van der Waals surface area contributed by atoms with E-state index < -0.39 is 18.0 Å². The predicted octanol–water partition coefficient (Wildman–Crippen LogP) is 3.96. The Morgan fingerprint density at radius 3 is 2.40 bits per heavy atom. The van der Waals surface area contributed by atoms with Gasteiger partial charge in [0.25, 0.3) is 0 Å². The van der Waals surface area contributed by atoms with Crippen molar-refractivity contribution in [3.05, 3.63) is 71.4 Å². The zero-order chi connectivity index (χ0) is 21.3. The summed E-state index contributed by atoms with van der Waals surface area (Å²) in [6, 6.07) is 14.5. The van der Waals surface area contributed by atoms with Crippen molar-refractivity contribution in [3.63, 3.8) is 0 Å². The molecular formula is C24H26N2O4. The first-order chi connectivity index (χ1) is 14.4. The van der Waals surface area contributed by atoms with Gasteiger partial charge in [0.05, 0.1) is 5.56 Å². The molecule has 2 N–H and O–H groups in total. The lowest BCUT2D eigenvalue weighted by Gasteiger charge is -2.35. The van der Waals surface area contributed by atoms with Gasteiger partial charge in [-0.2, -0.15) is 0 Å². The van der Waals surface area contributed by atoms with E-state index in [4.69, 9.17) is 0 Å². The second-order valence-corrected chi connectivity index (χ2v) is 8.14. The summed E-state index contributed by atoms with van der Waals surface area (Å²) in [6.45, 7) is 1.42. The number of hydrogen-bond acceptors (Lipinski definition) is 3. The Bertz CT molecular complexity index is 1070. The highest BCUT2D eigenvalue weighted by atomic mass is 16.4. The number of rotatable bonds is 6. The van der Waals surface area contributed by atoms with Gasteiger partial charge in [0.1, 0.15) is 6.04 Å². The fraction of sp³-hybridized carbons (Fsp3) is 0.333. The van der Waals surface area contributed by atoms with Crippen LogP contribution in [-0.4, -0.2) is 44.7 Å². The van der Waals surface area contributed by atoms with Crippen LogP contribution in [0.15, 0.2) is 54.7 Å². The van der Waals surface area contributed by atoms with Crippen molar-refractivity contribution in [3.8, 4) is 0 Å². The maximum Gasteiger partial charge on any atom is 0.335 e. The number of carboxylic acid groups (broad SMARTS) is 2. The van der Waals surface area contributed by atoms with Gasteiger partial charge in [-0.15, -0.1) is 0 Å². The van der Waals surface area contributed by atoms with E-state index in [0.29, 0.717) is 30.0 Å². The second kappa shape index (κ2) is 8.32. The lowest BCUT2D eigenvalue weighted by molar-refractivity contribution is -0.144. The Morgan fingerprint density at radius 2 is 1.77 bits per heavy atom. The minimum absolute atomic E-state index is 0.167. The summed E-state index contributed by atoms with van der Waals surface area (Å²) in [5.41, 5.74) is 2.98. The van der Waals surface area contributed by atoms with E-state index >= 15 is 0 Å². The van der Waals surface area contributed by atoms with Crippen molar-refractivity contribution in [1.29, 1.82) is 0 Å². The predicted molar refractivity (Wildman–Crippen MR) is 115 cm³/mol. The molecule has 0 unspecified atom stereocenters. The van der Waals surface area contributed by atoms with Crippen molar-refractivity contribution in [2.75, 3.05) is 13.1 Å². The molecule has 1 aromatic heterocycles. The molecular weight excluding hydrogens is 380 g/mol. The molecule has 6 nitrogen and oxygen atoms in total. The van der Waals surface area contributed by atoms with E-state index in [-0.39, 0.29) is 5.56 Å². The number of aryl methyl sites for hydroxylation is 1. The SMILES string of the molecule is Cn1cc([C@H](C(=O)O)N2CCC(Cc3ccccc3)CC2)c2cc(C(=O)O)ccc21. The molecule has 0 amide bonds. The van der Waals surface area contributed by atoms with Crippen molar-refractivity contribution in [2.45, 2.75) is 25.3 Å². The summed E-state index contributed by atoms with van der Waals surface area (Å²) < 4.78 is 1.87. The number of hydrogen-bond donors (Lipinski definition) is 2. The number of aromatic nitrogens is 1. The molecule has 6 heteroatoms. The van der Waals surface area contributed by atoms with Crippen LogP contribution in [0.3, 0.4) is 0 Å². The third kappa shape index (κ3) is 3.96. The maximum atomic E-state index is 12.3. The number of carboxylic acids is 2. The molecule has 1 fully saturated rings. The van der Waals surface area contributed by atoms with Crippen molar-refractivity contribution in [1.82, 2.24) is 9.47 Å². The van der Waals surface area contributed by atoms with Crippen LogP contribution in [-0.2, 0) is 18.3 Å². The largest absolute Gasteiger partial charge is 0.480 e. The molecule has 2 heterocycles. The van der Waals surface area contributed by atoms with Gasteiger partial charge in [-0.3, -0.25) is 9.69 Å². The molecule has 1 aliphatic rings. The number of piperidine rings is 1. The Balaban J connectivity index is 1.57. The van der Waals surface area contributed by atoms with E-state index in [9.17, 15) is 19.8 Å². The minimum atomic E-state index is -1.01. The number of benzene rings is 2. The summed E-state index contributed by atoms with van der Waals surface area (Å²) in [6.07, 6.45) is 4.74. The smallest absolute Gasteiger partial charge is 0.335 e. The zero-order valence-corrected chi connectivity index (χ0v) is 17.0. The molecule has 0 saturated carbocycles. The minimum Gasteiger partial charge on any atom is -0.480 e. The average Bonchev–Trinajstić information content (AvgIpc) is 3.05. The lowest BCUT2D eigenvalue weighted by Crippen LogP contribution is -2.40. The molecule has 0 radical (unpaired) electrons. The fourth-order valence-electron chi connectivity index (χ4n) is 4.62. The van der Waals surface area contributed by atoms with E-state index in [1.165, 1.54) is 5.56 Å². The summed E-state index contributed by atoms with van der Waals surface area (Å²) in [7, 11) is 1.86. The van der Waals surface area contributed by atoms with Crippen LogP contribution in [0.4, 0.5) is 0 Å². The first-order valence-corrected chi connectivity index (χ1v) is 10.3. The fourth-order valence-corrected chi connectivity index (χ4v) is 4.62. The maximum absolute atomic E-state index is 12.3. The highest BCUT2D eigenvalue weighted by molar-refractivity contribution is 5.96. The van der Waals surface area contributed by atoms with Crippen LogP contribution in [0.25, 0.3) is 10.9 Å². The average molecular weight is 406 g/mol. The molecule has 30 heavy (non-hydrogen) atoms. The molecule has 0 spiro atoms. The molecule has 1 atom stereocenters. The van der Waals surface area contributed by atoms with E-state index in [1.54, 1.807) is 18.2 Å². The first-order valence-electron chi connectivity index (χ1n) is 10.3. The quantitative estimate of drug-likeness (QED) is 0.648. The van der Waals surface area contributed by atoms with Gasteiger partial charge in [0.2, 0.25) is 0 Å². The van der Waals surface area contributed by atoms with Gasteiger partial charge in [-0.05, 0) is 62.0 Å². The third-order valence-electron chi connectivity index (χ3n) is 6.18. The van der Waals surface area contributed by atoms with Crippen LogP contribution in [0.1, 0.15) is 40.4 Å². The molecule has 1 saturated heterocycles.